The van der Waals surface area contributed by atoms with Gasteiger partial charge in [-0.1, -0.05) is 36.7 Å². The van der Waals surface area contributed by atoms with E-state index < -0.39 is 27.5 Å². The number of carboxylic acid groups (broad SMARTS) is 1. The molecule has 2 aromatic rings. The third-order valence-corrected chi connectivity index (χ3v) is 10.4. The average molecular weight is 518 g/mol. The highest BCUT2D eigenvalue weighted by Gasteiger charge is 2.44. The summed E-state index contributed by atoms with van der Waals surface area (Å²) in [6.45, 7) is 4.43. The molecule has 1 spiro atoms. The van der Waals surface area contributed by atoms with Gasteiger partial charge in [-0.15, -0.1) is 0 Å². The molecule has 2 heterocycles. The number of fused-ring (bicyclic) bond motifs is 1. The van der Waals surface area contributed by atoms with Crippen molar-refractivity contribution in [2.75, 3.05) is 13.1 Å². The maximum absolute atomic E-state index is 13.2. The molecular formula is C27H32ClNO5S. The molecule has 35 heavy (non-hydrogen) atoms. The average Bonchev–Trinajstić information content (AvgIpc) is 3.64. The number of aryl methyl sites for hydroxylation is 2. The molecule has 0 bridgehead atoms. The summed E-state index contributed by atoms with van der Waals surface area (Å²) in [4.78, 5) is 11.9. The van der Waals surface area contributed by atoms with Crippen molar-refractivity contribution < 1.29 is 23.1 Å². The van der Waals surface area contributed by atoms with Crippen LogP contribution in [0.5, 0.6) is 5.75 Å². The lowest BCUT2D eigenvalue weighted by molar-refractivity contribution is -0.142. The molecule has 8 heteroatoms. The number of ether oxygens (including phenoxy) is 1. The Labute approximate surface area is 212 Å². The van der Waals surface area contributed by atoms with Crippen LogP contribution in [0.15, 0.2) is 41.3 Å². The second-order valence-electron chi connectivity index (χ2n) is 10.5. The first kappa shape index (κ1) is 24.6. The number of rotatable bonds is 6. The first-order valence-electron chi connectivity index (χ1n) is 12.4. The molecule has 6 nitrogen and oxygen atoms in total. The molecule has 0 amide bonds. The van der Waals surface area contributed by atoms with Crippen LogP contribution in [0.4, 0.5) is 0 Å². The zero-order valence-electron chi connectivity index (χ0n) is 20.2. The largest absolute Gasteiger partial charge is 0.487 e. The third kappa shape index (κ3) is 4.70. The van der Waals surface area contributed by atoms with E-state index in [1.807, 2.05) is 13.0 Å². The molecule has 5 rings (SSSR count). The van der Waals surface area contributed by atoms with Gasteiger partial charge in [0.1, 0.15) is 16.2 Å². The van der Waals surface area contributed by atoms with Gasteiger partial charge in [0, 0.05) is 25.9 Å². The fourth-order valence-electron chi connectivity index (χ4n) is 5.75. The molecule has 3 aliphatic rings. The van der Waals surface area contributed by atoms with E-state index in [1.165, 1.54) is 4.31 Å². The van der Waals surface area contributed by atoms with Gasteiger partial charge in [0.05, 0.1) is 10.9 Å². The Morgan fingerprint density at radius 1 is 1.14 bits per heavy atom. The van der Waals surface area contributed by atoms with Gasteiger partial charge in [0.2, 0.25) is 10.0 Å². The van der Waals surface area contributed by atoms with Crippen LogP contribution < -0.4 is 4.74 Å². The number of benzene rings is 2. The van der Waals surface area contributed by atoms with E-state index in [9.17, 15) is 18.3 Å². The summed E-state index contributed by atoms with van der Waals surface area (Å²) >= 11 is 6.27. The van der Waals surface area contributed by atoms with Crippen molar-refractivity contribution in [1.82, 2.24) is 4.31 Å². The Balaban J connectivity index is 1.33. The second-order valence-corrected chi connectivity index (χ2v) is 12.8. The predicted molar refractivity (Wildman–Crippen MR) is 135 cm³/mol. The molecule has 1 saturated heterocycles. The predicted octanol–water partition coefficient (Wildman–Crippen LogP) is 5.41. The Morgan fingerprint density at radius 2 is 1.86 bits per heavy atom. The van der Waals surface area contributed by atoms with Gasteiger partial charge in [-0.3, -0.25) is 4.79 Å². The zero-order valence-corrected chi connectivity index (χ0v) is 21.7. The van der Waals surface area contributed by atoms with Crippen molar-refractivity contribution in [2.45, 2.75) is 68.8 Å². The smallest absolute Gasteiger partial charge is 0.306 e. The maximum Gasteiger partial charge on any atom is 0.306 e. The van der Waals surface area contributed by atoms with Crippen molar-refractivity contribution in [3.05, 3.63) is 58.1 Å². The first-order chi connectivity index (χ1) is 16.6. The molecule has 0 radical (unpaired) electrons. The lowest BCUT2D eigenvalue weighted by Gasteiger charge is -2.44. The van der Waals surface area contributed by atoms with Crippen molar-refractivity contribution in [1.29, 1.82) is 0 Å². The molecule has 2 fully saturated rings. The van der Waals surface area contributed by atoms with Crippen molar-refractivity contribution >= 4 is 27.6 Å². The van der Waals surface area contributed by atoms with Crippen LogP contribution in [-0.4, -0.2) is 42.5 Å². The number of sulfonamides is 1. The van der Waals surface area contributed by atoms with Crippen LogP contribution in [0.3, 0.4) is 0 Å². The van der Waals surface area contributed by atoms with Crippen LogP contribution in [0.2, 0.25) is 5.02 Å². The molecule has 2 aliphatic heterocycles. The van der Waals surface area contributed by atoms with Crippen LogP contribution in [0.1, 0.15) is 61.6 Å². The van der Waals surface area contributed by atoms with Gasteiger partial charge in [-0.25, -0.2) is 8.42 Å². The number of carboxylic acids is 1. The number of hydrogen-bond acceptors (Lipinski definition) is 4. The fraction of sp³-hybridized carbons (Fsp3) is 0.519. The zero-order chi connectivity index (χ0) is 25.0. The summed E-state index contributed by atoms with van der Waals surface area (Å²) in [5, 5.41) is 9.89. The minimum atomic E-state index is -3.67. The first-order valence-corrected chi connectivity index (χ1v) is 14.2. The lowest BCUT2D eigenvalue weighted by Crippen LogP contribution is -2.51. The van der Waals surface area contributed by atoms with Gasteiger partial charge < -0.3 is 9.84 Å². The van der Waals surface area contributed by atoms with Gasteiger partial charge in [-0.05, 0) is 79.3 Å². The minimum absolute atomic E-state index is 0.00877. The summed E-state index contributed by atoms with van der Waals surface area (Å²) in [5.74, 6) is 0.0264. The topological polar surface area (TPSA) is 83.9 Å². The van der Waals surface area contributed by atoms with Crippen molar-refractivity contribution in [3.8, 4) is 5.75 Å². The Bertz CT molecular complexity index is 1250. The Hall–Kier alpha value is -2.09. The molecule has 1 aliphatic carbocycles. The highest BCUT2D eigenvalue weighted by atomic mass is 35.5. The Kier molecular flexibility index (Phi) is 6.39. The molecule has 0 unspecified atom stereocenters. The molecular weight excluding hydrogens is 486 g/mol. The molecule has 0 aromatic heterocycles. The maximum atomic E-state index is 13.2. The Morgan fingerprint density at radius 3 is 2.49 bits per heavy atom. The van der Waals surface area contributed by atoms with Crippen LogP contribution in [-0.2, 0) is 21.2 Å². The summed E-state index contributed by atoms with van der Waals surface area (Å²) in [6.07, 6.45) is 5.07. The summed E-state index contributed by atoms with van der Waals surface area (Å²) in [6, 6.07) is 11.2. The third-order valence-electron chi connectivity index (χ3n) is 8.05. The number of halogens is 1. The number of aliphatic carboxylic acids is 1. The van der Waals surface area contributed by atoms with E-state index in [1.54, 1.807) is 25.1 Å². The van der Waals surface area contributed by atoms with Gasteiger partial charge in [-0.2, -0.15) is 4.31 Å². The van der Waals surface area contributed by atoms with E-state index >= 15 is 0 Å². The monoisotopic (exact) mass is 517 g/mol. The van der Waals surface area contributed by atoms with Crippen LogP contribution >= 0.6 is 11.6 Å². The summed E-state index contributed by atoms with van der Waals surface area (Å²) in [7, 11) is -3.67. The van der Waals surface area contributed by atoms with E-state index in [-0.39, 0.29) is 15.8 Å². The van der Waals surface area contributed by atoms with E-state index in [2.05, 4.69) is 12.1 Å². The summed E-state index contributed by atoms with van der Waals surface area (Å²) < 4.78 is 34.6. The number of carbonyl (C=O) groups is 1. The molecule has 1 saturated carbocycles. The van der Waals surface area contributed by atoms with Crippen LogP contribution in [0, 0.1) is 18.8 Å². The molecule has 2 atom stereocenters. The SMILES string of the molecule is Cc1ccc(S(=O)(=O)N2CCC3(CCc4ccc([C@H](C5CC5)[C@H](C)C(=O)O)cc4O3)CC2)c(Cl)c1. The second kappa shape index (κ2) is 9.09. The van der Waals surface area contributed by atoms with E-state index in [0.29, 0.717) is 31.8 Å². The molecule has 188 valence electrons. The highest BCUT2D eigenvalue weighted by molar-refractivity contribution is 7.89. The lowest BCUT2D eigenvalue weighted by atomic mass is 9.80. The summed E-state index contributed by atoms with van der Waals surface area (Å²) in [5.41, 5.74) is 2.69. The molecule has 2 aromatic carbocycles. The van der Waals surface area contributed by atoms with Gasteiger partial charge in [0.25, 0.3) is 0 Å². The van der Waals surface area contributed by atoms with Crippen LogP contribution in [0.25, 0.3) is 0 Å². The standard InChI is InChI=1S/C27H32ClNO5S/c1-17-3-8-24(22(28)15-17)35(32,33)29-13-11-27(12-14-29)10-9-19-4-7-21(16-23(19)34-27)25(20-5-6-20)18(2)26(30)31/h3-4,7-8,15-16,18,20,25H,5-6,9-14H2,1-2H3,(H,30,31)/t18-,25-/m0/s1. The van der Waals surface area contributed by atoms with Gasteiger partial charge >= 0.3 is 5.97 Å². The van der Waals surface area contributed by atoms with E-state index in [4.69, 9.17) is 16.3 Å². The molecule has 1 N–H and O–H groups in total. The van der Waals surface area contributed by atoms with Gasteiger partial charge in [0.15, 0.2) is 0 Å². The van der Waals surface area contributed by atoms with Crippen molar-refractivity contribution in [3.63, 3.8) is 0 Å². The number of hydrogen-bond donors (Lipinski definition) is 1. The fourth-order valence-corrected chi connectivity index (χ4v) is 7.76. The van der Waals surface area contributed by atoms with Crippen molar-refractivity contribution in [2.24, 2.45) is 11.8 Å². The highest BCUT2D eigenvalue weighted by Crippen LogP contribution is 2.49. The normalized spacial score (nSPS) is 21.7. The van der Waals surface area contributed by atoms with E-state index in [0.717, 1.165) is 48.1 Å². The minimum Gasteiger partial charge on any atom is -0.487 e. The number of nitrogens with zero attached hydrogens (tertiary/aromatic N) is 1. The number of piperidine rings is 1. The quantitative estimate of drug-likeness (QED) is 0.553.